The first-order valence-corrected chi connectivity index (χ1v) is 25.0. The number of ether oxygens (including phenoxy) is 4. The van der Waals surface area contributed by atoms with Crippen molar-refractivity contribution in [2.24, 2.45) is 28.2 Å². The molecule has 16 nitrogen and oxygen atoms in total. The van der Waals surface area contributed by atoms with Crippen molar-refractivity contribution >= 4 is 46.3 Å². The van der Waals surface area contributed by atoms with E-state index >= 15 is 0 Å². The number of carbonyl (C=O) groups excluding carboxylic acids is 4. The minimum Gasteiger partial charge on any atom is -0.453 e. The van der Waals surface area contributed by atoms with Gasteiger partial charge in [-0.1, -0.05) is 36.4 Å². The van der Waals surface area contributed by atoms with Gasteiger partial charge in [0.2, 0.25) is 17.6 Å². The van der Waals surface area contributed by atoms with Crippen LogP contribution in [0.1, 0.15) is 88.1 Å². The van der Waals surface area contributed by atoms with Crippen LogP contribution >= 0.6 is 0 Å². The molecule has 2 bridgehead atoms. The van der Waals surface area contributed by atoms with Crippen molar-refractivity contribution in [3.63, 3.8) is 0 Å². The van der Waals surface area contributed by atoms with E-state index in [1.807, 2.05) is 17.3 Å². The summed E-state index contributed by atoms with van der Waals surface area (Å²) in [4.78, 5) is 71.3. The highest BCUT2D eigenvalue weighted by Crippen LogP contribution is 2.58. The van der Waals surface area contributed by atoms with E-state index in [0.29, 0.717) is 64.6 Å². The predicted octanol–water partition coefficient (Wildman–Crippen LogP) is 6.30. The Morgan fingerprint density at radius 1 is 0.739 bits per heavy atom. The molecule has 7 aliphatic rings. The number of hydrogen-bond acceptors (Lipinski definition) is 10. The third-order valence-electron chi connectivity index (χ3n) is 16.3. The van der Waals surface area contributed by atoms with Gasteiger partial charge in [0.25, 0.3) is 0 Å². The highest BCUT2D eigenvalue weighted by molar-refractivity contribution is 5.94. The average molecular weight is 940 g/mol. The smallest absolute Gasteiger partial charge is 0.407 e. The number of likely N-dealkylation sites (tertiary alicyclic amines) is 2. The normalized spacial score (nSPS) is 25.2. The number of nitrogens with one attached hydrogen (secondary N) is 3. The number of rotatable bonds is 11. The average Bonchev–Trinajstić information content (AvgIpc) is 3.86. The molecule has 5 N–H and O–H groups in total. The molecule has 362 valence electrons. The van der Waals surface area contributed by atoms with E-state index in [2.05, 4.69) is 86.5 Å². The summed E-state index contributed by atoms with van der Waals surface area (Å²) in [6.45, 7) is 2.93. The zero-order chi connectivity index (χ0) is 47.2. The summed E-state index contributed by atoms with van der Waals surface area (Å²) in [6, 6.07) is 19.9. The lowest BCUT2D eigenvalue weighted by Crippen LogP contribution is -2.88. The van der Waals surface area contributed by atoms with E-state index < -0.39 is 24.3 Å². The molecule has 4 aromatic rings. The van der Waals surface area contributed by atoms with Crippen molar-refractivity contribution in [2.45, 2.75) is 101 Å². The zero-order valence-corrected chi connectivity index (χ0v) is 39.5. The van der Waals surface area contributed by atoms with Crippen LogP contribution in [-0.2, 0) is 28.5 Å². The number of alkyl carbamates (subject to hydrolysis) is 2. The number of fused-ring (bicyclic) bond motifs is 3. The standard InChI is InChI=1S/C53H62N8O8/c1-66-51(64)58-45(34-13-19-68-20-14-34)49(62)60-30-53(17-18-53)27-44(60)48-55-29-42(57-48)39-11-10-37-25-36(8-9-38(37)26-39)32-4-6-33(7-5-32)41-28-54-47(56-41)43-24-31-3-12-40(23-31)61(43)50(63)46(59-52(65)67-2)35-15-21-69-22-16-35/h4-11,25-26,28-29,31,34-35,40,43-46H,3,12-24,27,30H2,1-2H3,(H,54,56)(H,55,57)(H,58,64)(H,59,65)/p+1/t31?,40?,43?,44-,45-,46-/m0/s1. The number of imidazole rings is 1. The SMILES string of the molecule is COC(=O)N[C@H](C(=O)N1C2CCC(C2)CC1C1=NC=C(c2ccc(-c3ccc4cc(-c5cnc([C@@H]6CC7(CC7)CN6C(=O)[C@@H](NC(=O)OC)C6CCOCC6)[nH]5)ccc4c3)cc2)[NH2+]1)C1CCOCC1. The summed E-state index contributed by atoms with van der Waals surface area (Å²) in [5.41, 5.74) is 6.28. The Balaban J connectivity index is 0.761. The van der Waals surface area contributed by atoms with Gasteiger partial charge in [-0.2, -0.15) is 0 Å². The first-order valence-electron chi connectivity index (χ1n) is 25.0. The monoisotopic (exact) mass is 939 g/mol. The van der Waals surface area contributed by atoms with Crippen LogP contribution in [0.4, 0.5) is 9.59 Å². The molecule has 3 unspecified atom stereocenters. The van der Waals surface area contributed by atoms with Crippen molar-refractivity contribution in [1.82, 2.24) is 30.4 Å². The van der Waals surface area contributed by atoms with Crippen LogP contribution in [-0.4, -0.2) is 121 Å². The first kappa shape index (κ1) is 45.3. The minimum atomic E-state index is -0.684. The van der Waals surface area contributed by atoms with Gasteiger partial charge >= 0.3 is 12.2 Å². The maximum atomic E-state index is 14.6. The van der Waals surface area contributed by atoms with Crippen LogP contribution in [0.3, 0.4) is 0 Å². The Kier molecular flexibility index (Phi) is 12.5. The second kappa shape index (κ2) is 19.0. The number of nitrogens with two attached hydrogens (primary N) is 1. The Morgan fingerprint density at radius 2 is 1.35 bits per heavy atom. The van der Waals surface area contributed by atoms with Crippen LogP contribution in [0.5, 0.6) is 0 Å². The molecular weight excluding hydrogens is 877 g/mol. The van der Waals surface area contributed by atoms with Gasteiger partial charge in [-0.15, -0.1) is 0 Å². The molecule has 11 rings (SSSR count). The molecule has 6 fully saturated rings. The number of H-pyrrole nitrogens is 1. The van der Waals surface area contributed by atoms with Gasteiger partial charge in [-0.3, -0.25) is 14.9 Å². The summed E-state index contributed by atoms with van der Waals surface area (Å²) in [5.74, 6) is 2.04. The number of aliphatic imine (C=N–C) groups is 1. The maximum absolute atomic E-state index is 14.6. The Hall–Kier alpha value is -6.10. The Morgan fingerprint density at radius 3 is 2.00 bits per heavy atom. The van der Waals surface area contributed by atoms with E-state index in [0.717, 1.165) is 101 Å². The largest absolute Gasteiger partial charge is 0.453 e. The van der Waals surface area contributed by atoms with Gasteiger partial charge in [0, 0.05) is 50.1 Å². The molecule has 6 heterocycles. The topological polar surface area (TPSA) is 193 Å². The molecule has 1 spiro atoms. The van der Waals surface area contributed by atoms with Crippen molar-refractivity contribution < 1.29 is 43.4 Å². The summed E-state index contributed by atoms with van der Waals surface area (Å²) in [5, 5.41) is 10.1. The highest BCUT2D eigenvalue weighted by Gasteiger charge is 2.56. The third kappa shape index (κ3) is 9.14. The lowest BCUT2D eigenvalue weighted by molar-refractivity contribution is -0.436. The summed E-state index contributed by atoms with van der Waals surface area (Å²) < 4.78 is 21.1. The summed E-state index contributed by atoms with van der Waals surface area (Å²) >= 11 is 0. The molecule has 2 saturated carbocycles. The molecule has 69 heavy (non-hydrogen) atoms. The number of aromatic amines is 1. The second-order valence-electron chi connectivity index (χ2n) is 20.5. The predicted molar refractivity (Wildman–Crippen MR) is 257 cm³/mol. The Labute approximate surface area is 401 Å². The molecule has 0 radical (unpaired) electrons. The second-order valence-corrected chi connectivity index (χ2v) is 20.5. The number of benzene rings is 3. The number of piperidine rings is 1. The van der Waals surface area contributed by atoms with E-state index in [1.54, 1.807) is 0 Å². The fourth-order valence-electron chi connectivity index (χ4n) is 12.3. The quantitative estimate of drug-likeness (QED) is 0.134. The van der Waals surface area contributed by atoms with E-state index in [-0.39, 0.29) is 47.2 Å². The van der Waals surface area contributed by atoms with Crippen LogP contribution < -0.4 is 16.0 Å². The van der Waals surface area contributed by atoms with Gasteiger partial charge in [-0.05, 0) is 140 Å². The number of amides is 4. The molecule has 3 aromatic carbocycles. The highest BCUT2D eigenvalue weighted by atomic mass is 16.5. The summed E-state index contributed by atoms with van der Waals surface area (Å²) in [6.07, 6.45) is 12.3. The van der Waals surface area contributed by atoms with Gasteiger partial charge in [0.15, 0.2) is 5.70 Å². The van der Waals surface area contributed by atoms with E-state index in [9.17, 15) is 19.2 Å². The lowest BCUT2D eigenvalue weighted by atomic mass is 9.87. The van der Waals surface area contributed by atoms with Crippen molar-refractivity contribution in [1.29, 1.82) is 0 Å². The summed E-state index contributed by atoms with van der Waals surface area (Å²) in [7, 11) is 2.66. The molecular formula is C53H63N8O8+. The van der Waals surface area contributed by atoms with Crippen LogP contribution in [0.2, 0.25) is 0 Å². The van der Waals surface area contributed by atoms with Gasteiger partial charge in [-0.25, -0.2) is 19.6 Å². The number of hydrogen-bond donors (Lipinski definition) is 4. The molecule has 1 aromatic heterocycles. The number of methoxy groups -OCH3 is 2. The van der Waals surface area contributed by atoms with Crippen molar-refractivity contribution in [2.75, 3.05) is 47.2 Å². The lowest BCUT2D eigenvalue weighted by Gasteiger charge is -2.42. The Bertz CT molecular complexity index is 2670. The number of amidine groups is 1. The molecule has 16 heteroatoms. The van der Waals surface area contributed by atoms with Crippen LogP contribution in [0, 0.1) is 23.2 Å². The number of aromatic nitrogens is 2. The van der Waals surface area contributed by atoms with Gasteiger partial charge < -0.3 is 44.4 Å². The van der Waals surface area contributed by atoms with E-state index in [1.165, 1.54) is 14.2 Å². The fourth-order valence-corrected chi connectivity index (χ4v) is 12.3. The van der Waals surface area contributed by atoms with Crippen molar-refractivity contribution in [3.05, 3.63) is 84.4 Å². The molecule has 4 amide bonds. The third-order valence-corrected chi connectivity index (χ3v) is 16.3. The molecule has 4 saturated heterocycles. The first-order chi connectivity index (χ1) is 33.7. The zero-order valence-electron chi connectivity index (χ0n) is 39.5. The fraction of sp³-hybridized carbons (Fsp3) is 0.509. The number of nitrogens with zero attached hydrogens (tertiary/aromatic N) is 4. The molecule has 5 aliphatic heterocycles. The minimum absolute atomic E-state index is 0.0193. The van der Waals surface area contributed by atoms with Gasteiger partial charge in [0.1, 0.15) is 23.9 Å². The number of carbonyl (C=O) groups is 4. The van der Waals surface area contributed by atoms with E-state index in [4.69, 9.17) is 28.9 Å². The number of quaternary nitrogens is 1. The van der Waals surface area contributed by atoms with Gasteiger partial charge in [0.05, 0.1) is 38.4 Å². The van der Waals surface area contributed by atoms with Crippen LogP contribution in [0.15, 0.2) is 78.1 Å². The molecule has 6 atom stereocenters. The maximum Gasteiger partial charge on any atom is 0.407 e. The van der Waals surface area contributed by atoms with Crippen LogP contribution in [0.25, 0.3) is 38.9 Å². The van der Waals surface area contributed by atoms with Crippen molar-refractivity contribution in [3.8, 4) is 22.4 Å². The molecule has 2 aliphatic carbocycles.